The lowest BCUT2D eigenvalue weighted by Crippen LogP contribution is -2.00. The van der Waals surface area contributed by atoms with Gasteiger partial charge in [-0.05, 0) is 11.6 Å². The van der Waals surface area contributed by atoms with E-state index in [0.29, 0.717) is 11.1 Å². The third kappa shape index (κ3) is 2.61. The van der Waals surface area contributed by atoms with Gasteiger partial charge < -0.3 is 0 Å². The van der Waals surface area contributed by atoms with Crippen LogP contribution in [-0.2, 0) is 0 Å². The summed E-state index contributed by atoms with van der Waals surface area (Å²) in [6, 6.07) is 13.8. The molecule has 0 saturated carbocycles. The normalized spacial score (nSPS) is 10.2. The van der Waals surface area contributed by atoms with Crippen LogP contribution in [0.15, 0.2) is 48.5 Å². The Morgan fingerprint density at radius 1 is 1.12 bits per heavy atom. The number of carbonyl (C=O) groups excluding carboxylic acids is 1. The van der Waals surface area contributed by atoms with Crippen LogP contribution < -0.4 is 0 Å². The van der Waals surface area contributed by atoms with E-state index in [1.54, 1.807) is 12.1 Å². The van der Waals surface area contributed by atoms with Crippen molar-refractivity contribution in [2.45, 2.75) is 0 Å². The zero-order valence-electron chi connectivity index (χ0n) is 8.99. The number of benzene rings is 2. The summed E-state index contributed by atoms with van der Waals surface area (Å²) < 4.78 is 13.9. The van der Waals surface area contributed by atoms with Gasteiger partial charge in [0.25, 0.3) is 0 Å². The minimum atomic E-state index is -0.372. The second kappa shape index (κ2) is 5.23. The number of rotatable bonds is 3. The van der Waals surface area contributed by atoms with E-state index in [1.165, 1.54) is 6.07 Å². The molecule has 0 aliphatic rings. The van der Waals surface area contributed by atoms with Gasteiger partial charge in [0.2, 0.25) is 0 Å². The molecule has 1 nitrogen and oxygen atoms in total. The van der Waals surface area contributed by atoms with Crippen LogP contribution in [0.2, 0.25) is 0 Å². The van der Waals surface area contributed by atoms with Crippen LogP contribution in [0.5, 0.6) is 0 Å². The predicted octanol–water partition coefficient (Wildman–Crippen LogP) is 4.07. The van der Waals surface area contributed by atoms with Crippen molar-refractivity contribution in [1.29, 1.82) is 0 Å². The van der Waals surface area contributed by atoms with Gasteiger partial charge in [-0.2, -0.15) is 0 Å². The van der Waals surface area contributed by atoms with Gasteiger partial charge in [0.1, 0.15) is 5.82 Å². The van der Waals surface area contributed by atoms with Crippen molar-refractivity contribution < 1.29 is 9.18 Å². The molecule has 0 bridgehead atoms. The molecule has 0 saturated heterocycles. The van der Waals surface area contributed by atoms with Gasteiger partial charge in [-0.25, -0.2) is 4.39 Å². The molecule has 17 heavy (non-hydrogen) atoms. The molecule has 86 valence electrons. The number of hydrogen-bond acceptors (Lipinski definition) is 1. The number of carbonyl (C=O) groups is 1. The molecule has 0 amide bonds. The first kappa shape index (κ1) is 12.0. The van der Waals surface area contributed by atoms with E-state index in [4.69, 9.17) is 0 Å². The number of hydrogen-bond donors (Lipinski definition) is 0. The first-order chi connectivity index (χ1) is 8.22. The van der Waals surface area contributed by atoms with E-state index in [-0.39, 0.29) is 16.9 Å². The molecule has 0 N–H and O–H groups in total. The Bertz CT molecular complexity index is 537. The van der Waals surface area contributed by atoms with E-state index >= 15 is 0 Å². The largest absolute Gasteiger partial charge is 0.293 e. The maximum Gasteiger partial charge on any atom is 0.173 e. The van der Waals surface area contributed by atoms with Crippen LogP contribution in [-0.4, -0.2) is 11.1 Å². The minimum absolute atomic E-state index is 0.122. The summed E-state index contributed by atoms with van der Waals surface area (Å²) in [5, 5.41) is 0.205. The molecule has 0 heterocycles. The zero-order chi connectivity index (χ0) is 12.3. The third-order valence-electron chi connectivity index (χ3n) is 2.50. The smallest absolute Gasteiger partial charge is 0.173 e. The Morgan fingerprint density at radius 2 is 1.82 bits per heavy atom. The summed E-state index contributed by atoms with van der Waals surface area (Å²) in [7, 11) is 0. The molecule has 0 fully saturated rings. The Hall–Kier alpha value is -1.48. The summed E-state index contributed by atoms with van der Waals surface area (Å²) in [4.78, 5) is 11.4. The van der Waals surface area contributed by atoms with Crippen molar-refractivity contribution in [3.8, 4) is 11.1 Å². The van der Waals surface area contributed by atoms with Crippen LogP contribution in [0.3, 0.4) is 0 Å². The summed E-state index contributed by atoms with van der Waals surface area (Å²) in [6.07, 6.45) is 0. The highest BCUT2D eigenvalue weighted by Crippen LogP contribution is 2.23. The second-order valence-corrected chi connectivity index (χ2v) is 4.18. The van der Waals surface area contributed by atoms with Gasteiger partial charge >= 0.3 is 0 Å². The van der Waals surface area contributed by atoms with Crippen molar-refractivity contribution in [3.63, 3.8) is 0 Å². The lowest BCUT2D eigenvalue weighted by molar-refractivity contribution is 0.102. The Morgan fingerprint density at radius 3 is 2.41 bits per heavy atom. The van der Waals surface area contributed by atoms with Gasteiger partial charge in [0, 0.05) is 11.1 Å². The van der Waals surface area contributed by atoms with Crippen LogP contribution in [0.25, 0.3) is 11.1 Å². The molecule has 2 aromatic rings. The molecule has 0 aliphatic carbocycles. The maximum atomic E-state index is 13.9. The van der Waals surface area contributed by atoms with Gasteiger partial charge in [-0.15, -0.1) is 0 Å². The number of alkyl halides is 1. The van der Waals surface area contributed by atoms with E-state index < -0.39 is 0 Å². The monoisotopic (exact) mass is 292 g/mol. The molecular formula is C14H10BrFO. The number of halogens is 2. The highest BCUT2D eigenvalue weighted by atomic mass is 79.9. The summed E-state index contributed by atoms with van der Waals surface area (Å²) in [5.74, 6) is -0.494. The van der Waals surface area contributed by atoms with E-state index in [0.717, 1.165) is 5.56 Å². The highest BCUT2D eigenvalue weighted by molar-refractivity contribution is 9.09. The Kier molecular flexibility index (Phi) is 3.69. The standard InChI is InChI=1S/C14H10BrFO/c15-9-14(17)11-6-7-12(13(16)8-11)10-4-2-1-3-5-10/h1-8H,9H2. The Balaban J connectivity index is 2.42. The average Bonchev–Trinajstić information content (AvgIpc) is 2.38. The van der Waals surface area contributed by atoms with Gasteiger partial charge in [0.05, 0.1) is 5.33 Å². The summed E-state index contributed by atoms with van der Waals surface area (Å²) in [6.45, 7) is 0. The second-order valence-electron chi connectivity index (χ2n) is 3.62. The lowest BCUT2D eigenvalue weighted by atomic mass is 10.0. The van der Waals surface area contributed by atoms with Crippen molar-refractivity contribution >= 4 is 21.7 Å². The average molecular weight is 293 g/mol. The molecule has 0 unspecified atom stereocenters. The molecule has 0 radical (unpaired) electrons. The van der Waals surface area contributed by atoms with Crippen molar-refractivity contribution in [2.24, 2.45) is 0 Å². The first-order valence-corrected chi connectivity index (χ1v) is 6.28. The molecule has 0 aromatic heterocycles. The fraction of sp³-hybridized carbons (Fsp3) is 0.0714. The minimum Gasteiger partial charge on any atom is -0.293 e. The molecule has 0 aliphatic heterocycles. The fourth-order valence-corrected chi connectivity index (χ4v) is 1.94. The van der Waals surface area contributed by atoms with Crippen LogP contribution in [0.1, 0.15) is 10.4 Å². The summed E-state index contributed by atoms with van der Waals surface area (Å²) >= 11 is 3.07. The van der Waals surface area contributed by atoms with E-state index in [1.807, 2.05) is 30.3 Å². The van der Waals surface area contributed by atoms with Crippen LogP contribution >= 0.6 is 15.9 Å². The van der Waals surface area contributed by atoms with E-state index in [2.05, 4.69) is 15.9 Å². The topological polar surface area (TPSA) is 17.1 Å². The quantitative estimate of drug-likeness (QED) is 0.616. The predicted molar refractivity (Wildman–Crippen MR) is 70.0 cm³/mol. The molecule has 2 aromatic carbocycles. The molecular weight excluding hydrogens is 283 g/mol. The maximum absolute atomic E-state index is 13.9. The van der Waals surface area contributed by atoms with Crippen molar-refractivity contribution in [2.75, 3.05) is 5.33 Å². The molecule has 2 rings (SSSR count). The van der Waals surface area contributed by atoms with Crippen molar-refractivity contribution in [1.82, 2.24) is 0 Å². The van der Waals surface area contributed by atoms with Gasteiger partial charge in [0.15, 0.2) is 5.78 Å². The molecule has 3 heteroatoms. The first-order valence-electron chi connectivity index (χ1n) is 5.16. The lowest BCUT2D eigenvalue weighted by Gasteiger charge is -2.05. The summed E-state index contributed by atoms with van der Waals surface area (Å²) in [5.41, 5.74) is 1.71. The molecule has 0 atom stereocenters. The van der Waals surface area contributed by atoms with Crippen molar-refractivity contribution in [3.05, 3.63) is 59.9 Å². The van der Waals surface area contributed by atoms with Gasteiger partial charge in [-0.3, -0.25) is 4.79 Å². The number of ketones is 1. The fourth-order valence-electron chi connectivity index (χ4n) is 1.62. The highest BCUT2D eigenvalue weighted by Gasteiger charge is 2.09. The number of Topliss-reactive ketones (excluding diaryl/α,β-unsaturated/α-hetero) is 1. The van der Waals surface area contributed by atoms with Crippen LogP contribution in [0, 0.1) is 5.82 Å². The van der Waals surface area contributed by atoms with Gasteiger partial charge in [-0.1, -0.05) is 58.4 Å². The van der Waals surface area contributed by atoms with E-state index in [9.17, 15) is 9.18 Å². The van der Waals surface area contributed by atoms with Crippen LogP contribution in [0.4, 0.5) is 4.39 Å². The zero-order valence-corrected chi connectivity index (χ0v) is 10.6. The molecule has 0 spiro atoms. The third-order valence-corrected chi connectivity index (χ3v) is 3.01. The Labute approximate surface area is 107 Å². The SMILES string of the molecule is O=C(CBr)c1ccc(-c2ccccc2)c(F)c1.